The highest BCUT2D eigenvalue weighted by Crippen LogP contribution is 2.52. The normalized spacial score (nSPS) is 13.1. The monoisotopic (exact) mass is 741 g/mol. The van der Waals surface area contributed by atoms with E-state index >= 15 is 0 Å². The van der Waals surface area contributed by atoms with E-state index in [-0.39, 0.29) is 5.41 Å². The predicted octanol–water partition coefficient (Wildman–Crippen LogP) is 14.2. The molecule has 1 aliphatic carbocycles. The molecule has 0 spiro atoms. The standard InChI is InChI=1S/C54H35N3O/c1-54(2)45-22-10-9-19-42(45)49-43(21-11-23-46(49)54)53-56-51(36-26-25-32-13-3-4-14-33(32)29-36)55-52(57-53)41-28-27-39(37-17-7-8-18-38(37)41)40-20-12-24-47-50(40)44-30-34-15-5-6-16-35(34)31-48(44)58-47/h3-31H,1-2H3. The summed E-state index contributed by atoms with van der Waals surface area (Å²) in [5, 5.41) is 9.09. The van der Waals surface area contributed by atoms with Crippen LogP contribution >= 0.6 is 0 Å². The van der Waals surface area contributed by atoms with Gasteiger partial charge in [-0.3, -0.25) is 0 Å². The summed E-state index contributed by atoms with van der Waals surface area (Å²) in [6.45, 7) is 4.62. The molecule has 12 rings (SSSR count). The Balaban J connectivity index is 1.10. The van der Waals surface area contributed by atoms with Gasteiger partial charge in [-0.15, -0.1) is 0 Å². The maximum Gasteiger partial charge on any atom is 0.164 e. The molecule has 0 radical (unpaired) electrons. The number of hydrogen-bond donors (Lipinski definition) is 0. The Morgan fingerprint density at radius 2 is 0.966 bits per heavy atom. The molecule has 0 saturated heterocycles. The van der Waals surface area contributed by atoms with Gasteiger partial charge in [-0.2, -0.15) is 0 Å². The largest absolute Gasteiger partial charge is 0.456 e. The van der Waals surface area contributed by atoms with E-state index in [0.717, 1.165) is 65.9 Å². The van der Waals surface area contributed by atoms with Crippen molar-refractivity contribution in [1.29, 1.82) is 0 Å². The molecule has 0 amide bonds. The van der Waals surface area contributed by atoms with Crippen molar-refractivity contribution < 1.29 is 4.42 Å². The van der Waals surface area contributed by atoms with E-state index in [1.807, 2.05) is 0 Å². The summed E-state index contributed by atoms with van der Waals surface area (Å²) in [5.41, 5.74) is 11.8. The Labute approximate surface area is 335 Å². The van der Waals surface area contributed by atoms with Crippen molar-refractivity contribution in [2.75, 3.05) is 0 Å². The SMILES string of the molecule is CC1(C)c2ccccc2-c2c(-c3nc(-c4ccc5ccccc5c4)nc(-c4ccc(-c5cccc6oc7cc8ccccc8cc7c56)c5ccccc45)n3)cccc21. The molecule has 2 aromatic heterocycles. The van der Waals surface area contributed by atoms with Gasteiger partial charge in [0, 0.05) is 32.9 Å². The third kappa shape index (κ3) is 4.85. The lowest BCUT2D eigenvalue weighted by Crippen LogP contribution is -2.14. The van der Waals surface area contributed by atoms with Gasteiger partial charge in [0.1, 0.15) is 11.2 Å². The molecule has 0 fully saturated rings. The van der Waals surface area contributed by atoms with Crippen molar-refractivity contribution in [1.82, 2.24) is 15.0 Å². The molecule has 1 aliphatic rings. The average Bonchev–Trinajstić information content (AvgIpc) is 3.76. The first-order valence-electron chi connectivity index (χ1n) is 19.9. The second-order valence-corrected chi connectivity index (χ2v) is 15.9. The van der Waals surface area contributed by atoms with Crippen molar-refractivity contribution in [2.45, 2.75) is 19.3 Å². The van der Waals surface area contributed by atoms with Crippen LogP contribution in [0.15, 0.2) is 180 Å². The third-order valence-corrected chi connectivity index (χ3v) is 12.3. The molecular weight excluding hydrogens is 707 g/mol. The van der Waals surface area contributed by atoms with Crippen LogP contribution in [-0.4, -0.2) is 15.0 Å². The Bertz CT molecular complexity index is 3500. The highest BCUT2D eigenvalue weighted by atomic mass is 16.3. The van der Waals surface area contributed by atoms with E-state index in [1.165, 1.54) is 38.4 Å². The minimum Gasteiger partial charge on any atom is -0.456 e. The lowest BCUT2D eigenvalue weighted by molar-refractivity contribution is 0.660. The van der Waals surface area contributed by atoms with Crippen LogP contribution in [0.4, 0.5) is 0 Å². The number of furan rings is 1. The summed E-state index contributed by atoms with van der Waals surface area (Å²) in [6.07, 6.45) is 0. The molecule has 4 nitrogen and oxygen atoms in total. The van der Waals surface area contributed by atoms with Gasteiger partial charge in [0.2, 0.25) is 0 Å². The van der Waals surface area contributed by atoms with Gasteiger partial charge in [-0.1, -0.05) is 159 Å². The first-order valence-corrected chi connectivity index (χ1v) is 19.9. The summed E-state index contributed by atoms with van der Waals surface area (Å²) in [4.78, 5) is 16.0. The molecule has 0 N–H and O–H groups in total. The fourth-order valence-corrected chi connectivity index (χ4v) is 9.48. The van der Waals surface area contributed by atoms with E-state index in [2.05, 4.69) is 190 Å². The zero-order valence-corrected chi connectivity index (χ0v) is 32.0. The summed E-state index contributed by atoms with van der Waals surface area (Å²) in [7, 11) is 0. The van der Waals surface area contributed by atoms with E-state index in [4.69, 9.17) is 19.4 Å². The van der Waals surface area contributed by atoms with Crippen LogP contribution in [-0.2, 0) is 5.41 Å². The average molecular weight is 742 g/mol. The molecule has 4 heteroatoms. The quantitative estimate of drug-likeness (QED) is 0.180. The van der Waals surface area contributed by atoms with Crippen LogP contribution in [0.2, 0.25) is 0 Å². The Hall–Kier alpha value is -7.43. The van der Waals surface area contributed by atoms with Gasteiger partial charge in [-0.25, -0.2) is 15.0 Å². The lowest BCUT2D eigenvalue weighted by atomic mass is 9.82. The molecule has 9 aromatic carbocycles. The smallest absolute Gasteiger partial charge is 0.164 e. The van der Waals surface area contributed by atoms with Crippen molar-refractivity contribution in [3.05, 3.63) is 187 Å². The van der Waals surface area contributed by atoms with Crippen molar-refractivity contribution >= 4 is 54.3 Å². The van der Waals surface area contributed by atoms with Gasteiger partial charge < -0.3 is 4.42 Å². The van der Waals surface area contributed by atoms with Crippen molar-refractivity contribution in [3.63, 3.8) is 0 Å². The Kier molecular flexibility index (Phi) is 6.94. The second-order valence-electron chi connectivity index (χ2n) is 15.9. The van der Waals surface area contributed by atoms with Crippen LogP contribution in [0.3, 0.4) is 0 Å². The van der Waals surface area contributed by atoms with Crippen LogP contribution in [0.1, 0.15) is 25.0 Å². The Morgan fingerprint density at radius 3 is 1.79 bits per heavy atom. The molecule has 0 bridgehead atoms. The molecule has 0 unspecified atom stereocenters. The Morgan fingerprint density at radius 1 is 0.379 bits per heavy atom. The second kappa shape index (κ2) is 12.3. The highest BCUT2D eigenvalue weighted by molar-refractivity contribution is 6.18. The third-order valence-electron chi connectivity index (χ3n) is 12.3. The number of hydrogen-bond acceptors (Lipinski definition) is 4. The van der Waals surface area contributed by atoms with Gasteiger partial charge in [0.25, 0.3) is 0 Å². The van der Waals surface area contributed by atoms with Crippen LogP contribution in [0.5, 0.6) is 0 Å². The van der Waals surface area contributed by atoms with Crippen molar-refractivity contribution in [2.24, 2.45) is 0 Å². The highest BCUT2D eigenvalue weighted by Gasteiger charge is 2.37. The zero-order chi connectivity index (χ0) is 38.5. The van der Waals surface area contributed by atoms with Gasteiger partial charge >= 0.3 is 0 Å². The van der Waals surface area contributed by atoms with E-state index < -0.39 is 0 Å². The number of benzene rings is 9. The molecular formula is C54H35N3O. The van der Waals surface area contributed by atoms with Gasteiger partial charge in [-0.05, 0) is 96.0 Å². The number of aromatic nitrogens is 3. The molecule has 0 aliphatic heterocycles. The summed E-state index contributed by atoms with van der Waals surface area (Å²) < 4.78 is 6.50. The summed E-state index contributed by atoms with van der Waals surface area (Å²) in [6, 6.07) is 62.5. The maximum atomic E-state index is 6.50. The predicted molar refractivity (Wildman–Crippen MR) is 239 cm³/mol. The lowest BCUT2D eigenvalue weighted by Gasteiger charge is -2.21. The van der Waals surface area contributed by atoms with E-state index in [9.17, 15) is 0 Å². The van der Waals surface area contributed by atoms with Crippen LogP contribution < -0.4 is 0 Å². The molecule has 11 aromatic rings. The summed E-state index contributed by atoms with van der Waals surface area (Å²) in [5.74, 6) is 1.94. The van der Waals surface area contributed by atoms with Gasteiger partial charge in [0.15, 0.2) is 17.5 Å². The first kappa shape index (κ1) is 32.8. The topological polar surface area (TPSA) is 51.8 Å². The number of rotatable bonds is 4. The molecule has 58 heavy (non-hydrogen) atoms. The molecule has 0 atom stereocenters. The maximum absolute atomic E-state index is 6.50. The van der Waals surface area contributed by atoms with E-state index in [1.54, 1.807) is 0 Å². The first-order chi connectivity index (χ1) is 28.5. The van der Waals surface area contributed by atoms with Crippen LogP contribution in [0, 0.1) is 0 Å². The number of fused-ring (bicyclic) bond motifs is 9. The van der Waals surface area contributed by atoms with Gasteiger partial charge in [0.05, 0.1) is 0 Å². The zero-order valence-electron chi connectivity index (χ0n) is 32.0. The van der Waals surface area contributed by atoms with E-state index in [0.29, 0.717) is 17.5 Å². The molecule has 0 saturated carbocycles. The molecule has 272 valence electrons. The molecule has 2 heterocycles. The van der Waals surface area contributed by atoms with Crippen molar-refractivity contribution in [3.8, 4) is 56.4 Å². The van der Waals surface area contributed by atoms with Crippen LogP contribution in [0.25, 0.3) is 111 Å². The minimum absolute atomic E-state index is 0.152. The fourth-order valence-electron chi connectivity index (χ4n) is 9.48. The fraction of sp³-hybridized carbons (Fsp3) is 0.0556. The minimum atomic E-state index is -0.152. The summed E-state index contributed by atoms with van der Waals surface area (Å²) >= 11 is 0. The number of nitrogens with zero attached hydrogens (tertiary/aromatic N) is 3.